The highest BCUT2D eigenvalue weighted by Crippen LogP contribution is 2.29. The molecule has 0 saturated carbocycles. The van der Waals surface area contributed by atoms with E-state index >= 15 is 0 Å². The molecule has 1 atom stereocenters. The van der Waals surface area contributed by atoms with E-state index in [-0.39, 0.29) is 0 Å². The van der Waals surface area contributed by atoms with E-state index in [0.29, 0.717) is 5.92 Å². The molecular weight excluding hydrogens is 284 g/mol. The van der Waals surface area contributed by atoms with Gasteiger partial charge in [-0.25, -0.2) is 0 Å². The monoisotopic (exact) mass is 308 g/mol. The van der Waals surface area contributed by atoms with Gasteiger partial charge in [-0.05, 0) is 48.8 Å². The first-order valence-electron chi connectivity index (χ1n) is 7.16. The van der Waals surface area contributed by atoms with Crippen molar-refractivity contribution >= 4 is 15.9 Å². The SMILES string of the molecule is CC/C=C\CC(CCC)c1ccc(CC)c(Br)c1. The van der Waals surface area contributed by atoms with E-state index in [9.17, 15) is 0 Å². The molecule has 1 unspecified atom stereocenters. The molecule has 0 amide bonds. The van der Waals surface area contributed by atoms with Crippen LogP contribution in [0.1, 0.15) is 63.5 Å². The molecule has 0 N–H and O–H groups in total. The Kier molecular flexibility index (Phi) is 7.34. The van der Waals surface area contributed by atoms with E-state index in [2.05, 4.69) is 67.1 Å². The Morgan fingerprint density at radius 2 is 1.94 bits per heavy atom. The van der Waals surface area contributed by atoms with E-state index in [4.69, 9.17) is 0 Å². The summed E-state index contributed by atoms with van der Waals surface area (Å²) in [6.07, 6.45) is 10.5. The van der Waals surface area contributed by atoms with Crippen molar-refractivity contribution in [2.24, 2.45) is 0 Å². The predicted molar refractivity (Wildman–Crippen MR) is 85.2 cm³/mol. The maximum atomic E-state index is 3.69. The Hall–Kier alpha value is -0.560. The minimum absolute atomic E-state index is 0.667. The third kappa shape index (κ3) is 4.61. The summed E-state index contributed by atoms with van der Waals surface area (Å²) in [4.78, 5) is 0. The number of hydrogen-bond donors (Lipinski definition) is 0. The smallest absolute Gasteiger partial charge is 0.0210 e. The largest absolute Gasteiger partial charge is 0.0888 e. The van der Waals surface area contributed by atoms with Crippen molar-refractivity contribution in [3.05, 3.63) is 46.0 Å². The molecular formula is C17H25Br. The first-order chi connectivity index (χ1) is 8.72. The van der Waals surface area contributed by atoms with Gasteiger partial charge < -0.3 is 0 Å². The number of benzene rings is 1. The fraction of sp³-hybridized carbons (Fsp3) is 0.529. The summed E-state index contributed by atoms with van der Waals surface area (Å²) in [5.74, 6) is 0.667. The van der Waals surface area contributed by atoms with Crippen LogP contribution in [0.4, 0.5) is 0 Å². The van der Waals surface area contributed by atoms with Crippen LogP contribution >= 0.6 is 15.9 Å². The Balaban J connectivity index is 2.84. The molecule has 0 aliphatic carbocycles. The summed E-state index contributed by atoms with van der Waals surface area (Å²) in [6, 6.07) is 6.90. The number of halogens is 1. The minimum Gasteiger partial charge on any atom is -0.0888 e. The highest BCUT2D eigenvalue weighted by atomic mass is 79.9. The van der Waals surface area contributed by atoms with E-state index in [1.807, 2.05) is 0 Å². The van der Waals surface area contributed by atoms with Crippen molar-refractivity contribution in [3.8, 4) is 0 Å². The van der Waals surface area contributed by atoms with Crippen molar-refractivity contribution in [1.29, 1.82) is 0 Å². The van der Waals surface area contributed by atoms with Gasteiger partial charge in [-0.3, -0.25) is 0 Å². The molecule has 18 heavy (non-hydrogen) atoms. The van der Waals surface area contributed by atoms with E-state index in [1.54, 1.807) is 0 Å². The molecule has 0 aliphatic rings. The fourth-order valence-corrected chi connectivity index (χ4v) is 2.98. The van der Waals surface area contributed by atoms with Crippen LogP contribution in [0.3, 0.4) is 0 Å². The van der Waals surface area contributed by atoms with Crippen LogP contribution in [-0.4, -0.2) is 0 Å². The third-order valence-corrected chi connectivity index (χ3v) is 4.13. The van der Waals surface area contributed by atoms with Crippen LogP contribution in [0.15, 0.2) is 34.8 Å². The molecule has 0 aliphatic heterocycles. The van der Waals surface area contributed by atoms with Gasteiger partial charge in [0.05, 0.1) is 0 Å². The summed E-state index contributed by atoms with van der Waals surface area (Å²) in [5.41, 5.74) is 2.87. The maximum absolute atomic E-state index is 3.69. The van der Waals surface area contributed by atoms with Crippen LogP contribution in [0, 0.1) is 0 Å². The molecule has 1 aromatic carbocycles. The van der Waals surface area contributed by atoms with E-state index < -0.39 is 0 Å². The quantitative estimate of drug-likeness (QED) is 0.522. The third-order valence-electron chi connectivity index (χ3n) is 3.39. The summed E-state index contributed by atoms with van der Waals surface area (Å²) >= 11 is 3.69. The second-order valence-electron chi connectivity index (χ2n) is 4.81. The lowest BCUT2D eigenvalue weighted by atomic mass is 9.90. The Labute approximate surface area is 121 Å². The van der Waals surface area contributed by atoms with Crippen LogP contribution in [0.2, 0.25) is 0 Å². The molecule has 1 aromatic rings. The lowest BCUT2D eigenvalue weighted by molar-refractivity contribution is 0.619. The second-order valence-corrected chi connectivity index (χ2v) is 5.66. The number of rotatable bonds is 7. The molecule has 0 spiro atoms. The second kappa shape index (κ2) is 8.53. The standard InChI is InChI=1S/C17H25Br/c1-4-7-8-10-15(9-5-2)16-12-11-14(6-3)17(18)13-16/h7-8,11-13,15H,4-6,9-10H2,1-3H3/b8-7-. The van der Waals surface area contributed by atoms with Crippen molar-refractivity contribution in [1.82, 2.24) is 0 Å². The zero-order chi connectivity index (χ0) is 13.4. The first kappa shape index (κ1) is 15.5. The molecule has 0 saturated heterocycles. The van der Waals surface area contributed by atoms with E-state index in [1.165, 1.54) is 34.9 Å². The van der Waals surface area contributed by atoms with Crippen molar-refractivity contribution in [3.63, 3.8) is 0 Å². The Morgan fingerprint density at radius 3 is 2.50 bits per heavy atom. The highest BCUT2D eigenvalue weighted by Gasteiger charge is 2.10. The lowest BCUT2D eigenvalue weighted by Crippen LogP contribution is -1.98. The normalized spacial score (nSPS) is 13.1. The molecule has 0 aromatic heterocycles. The number of allylic oxidation sites excluding steroid dienone is 2. The van der Waals surface area contributed by atoms with Gasteiger partial charge >= 0.3 is 0 Å². The summed E-state index contributed by atoms with van der Waals surface area (Å²) in [5, 5.41) is 0. The van der Waals surface area contributed by atoms with Gasteiger partial charge in [0.2, 0.25) is 0 Å². The molecule has 0 bridgehead atoms. The molecule has 1 heteroatoms. The van der Waals surface area contributed by atoms with Gasteiger partial charge in [0.15, 0.2) is 0 Å². The Morgan fingerprint density at radius 1 is 1.17 bits per heavy atom. The first-order valence-corrected chi connectivity index (χ1v) is 7.95. The fourth-order valence-electron chi connectivity index (χ4n) is 2.30. The molecule has 1 rings (SSSR count). The zero-order valence-electron chi connectivity index (χ0n) is 11.9. The summed E-state index contributed by atoms with van der Waals surface area (Å²) in [6.45, 7) is 6.66. The average Bonchev–Trinajstić information content (AvgIpc) is 2.38. The zero-order valence-corrected chi connectivity index (χ0v) is 13.5. The highest BCUT2D eigenvalue weighted by molar-refractivity contribution is 9.10. The lowest BCUT2D eigenvalue weighted by Gasteiger charge is -2.16. The van der Waals surface area contributed by atoms with Crippen LogP contribution in [0.5, 0.6) is 0 Å². The van der Waals surface area contributed by atoms with Crippen LogP contribution in [0.25, 0.3) is 0 Å². The molecule has 0 heterocycles. The van der Waals surface area contributed by atoms with Gasteiger partial charge in [-0.1, -0.05) is 67.4 Å². The summed E-state index contributed by atoms with van der Waals surface area (Å²) < 4.78 is 1.27. The van der Waals surface area contributed by atoms with Gasteiger partial charge in [0.1, 0.15) is 0 Å². The van der Waals surface area contributed by atoms with Gasteiger partial charge in [0.25, 0.3) is 0 Å². The summed E-state index contributed by atoms with van der Waals surface area (Å²) in [7, 11) is 0. The van der Waals surface area contributed by atoms with Crippen molar-refractivity contribution in [2.45, 2.75) is 58.8 Å². The molecule has 0 radical (unpaired) electrons. The van der Waals surface area contributed by atoms with Crippen LogP contribution in [-0.2, 0) is 6.42 Å². The minimum atomic E-state index is 0.667. The molecule has 100 valence electrons. The van der Waals surface area contributed by atoms with Gasteiger partial charge in [-0.15, -0.1) is 0 Å². The van der Waals surface area contributed by atoms with E-state index in [0.717, 1.165) is 12.8 Å². The number of hydrogen-bond acceptors (Lipinski definition) is 0. The Bertz CT molecular complexity index is 379. The van der Waals surface area contributed by atoms with Crippen LogP contribution < -0.4 is 0 Å². The van der Waals surface area contributed by atoms with Gasteiger partial charge in [-0.2, -0.15) is 0 Å². The maximum Gasteiger partial charge on any atom is 0.0210 e. The van der Waals surface area contributed by atoms with Gasteiger partial charge in [0, 0.05) is 4.47 Å². The average molecular weight is 309 g/mol. The van der Waals surface area contributed by atoms with Crippen molar-refractivity contribution in [2.75, 3.05) is 0 Å². The molecule has 0 fully saturated rings. The topological polar surface area (TPSA) is 0 Å². The van der Waals surface area contributed by atoms with Crippen molar-refractivity contribution < 1.29 is 0 Å². The predicted octanol–water partition coefficient (Wildman–Crippen LogP) is 6.25. The molecule has 0 nitrogen and oxygen atoms in total. The number of aryl methyl sites for hydroxylation is 1.